The molecule has 8 heteroatoms. The number of rotatable bonds is 3. The number of methoxy groups -OCH3 is 1. The van der Waals surface area contributed by atoms with Gasteiger partial charge in [-0.1, -0.05) is 12.1 Å². The van der Waals surface area contributed by atoms with E-state index in [0.717, 1.165) is 0 Å². The average Bonchev–Trinajstić information content (AvgIpc) is 2.60. The summed E-state index contributed by atoms with van der Waals surface area (Å²) in [5, 5.41) is 11.6. The number of hydrogen-bond donors (Lipinski definition) is 4. The molecule has 0 aliphatic rings. The van der Waals surface area contributed by atoms with E-state index in [-0.39, 0.29) is 22.6 Å². The second kappa shape index (κ2) is 7.63. The van der Waals surface area contributed by atoms with E-state index in [1.807, 2.05) is 0 Å². The van der Waals surface area contributed by atoms with Gasteiger partial charge in [0.15, 0.2) is 0 Å². The molecular formula is C16H15N3O5. The first-order valence-electron chi connectivity index (χ1n) is 6.85. The number of hydrogen-bond acceptors (Lipinski definition) is 5. The number of esters is 1. The Balaban J connectivity index is 1.95. The van der Waals surface area contributed by atoms with Crippen LogP contribution in [0.5, 0.6) is 5.75 Å². The van der Waals surface area contributed by atoms with Crippen LogP contribution in [0.1, 0.15) is 20.7 Å². The summed E-state index contributed by atoms with van der Waals surface area (Å²) in [5.41, 5.74) is 5.04. The Kier molecular flexibility index (Phi) is 5.35. The van der Waals surface area contributed by atoms with Gasteiger partial charge in [-0.15, -0.1) is 0 Å². The van der Waals surface area contributed by atoms with Crippen molar-refractivity contribution in [2.75, 3.05) is 12.4 Å². The average molecular weight is 329 g/mol. The Hall–Kier alpha value is -3.55. The summed E-state index contributed by atoms with van der Waals surface area (Å²) in [5.74, 6) is -1.14. The number of nitrogens with one attached hydrogen (secondary N) is 3. The highest BCUT2D eigenvalue weighted by molar-refractivity contribution is 6.01. The predicted molar refractivity (Wildman–Crippen MR) is 85.5 cm³/mol. The number of phenols is 1. The lowest BCUT2D eigenvalue weighted by molar-refractivity contribution is 0.0601. The van der Waals surface area contributed by atoms with Gasteiger partial charge in [0.25, 0.3) is 5.91 Å². The molecule has 2 aromatic rings. The maximum atomic E-state index is 11.8. The van der Waals surface area contributed by atoms with Crippen LogP contribution in [0.2, 0.25) is 0 Å². The van der Waals surface area contributed by atoms with Crippen LogP contribution in [0.4, 0.5) is 10.5 Å². The van der Waals surface area contributed by atoms with Crippen molar-refractivity contribution >= 4 is 23.6 Å². The predicted octanol–water partition coefficient (Wildman–Crippen LogP) is 1.65. The van der Waals surface area contributed by atoms with Gasteiger partial charge in [-0.25, -0.2) is 15.0 Å². The Bertz CT molecular complexity index is 759. The van der Waals surface area contributed by atoms with Gasteiger partial charge in [0, 0.05) is 5.56 Å². The first kappa shape index (κ1) is 16.8. The maximum absolute atomic E-state index is 11.8. The number of aromatic hydroxyl groups is 1. The molecule has 3 amide bonds. The molecule has 4 N–H and O–H groups in total. The SMILES string of the molecule is COC(=O)c1ccccc1NC(=O)NNC(=O)c1ccc(O)cc1. The van der Waals surface area contributed by atoms with Gasteiger partial charge in [0.05, 0.1) is 18.4 Å². The Morgan fingerprint density at radius 3 is 2.29 bits per heavy atom. The van der Waals surface area contributed by atoms with Crippen molar-refractivity contribution in [3.8, 4) is 5.75 Å². The van der Waals surface area contributed by atoms with E-state index in [0.29, 0.717) is 0 Å². The van der Waals surface area contributed by atoms with Gasteiger partial charge in [-0.3, -0.25) is 10.2 Å². The quantitative estimate of drug-likeness (QED) is 0.504. The number of phenolic OH excluding ortho intramolecular Hbond substituents is 1. The highest BCUT2D eigenvalue weighted by Gasteiger charge is 2.13. The van der Waals surface area contributed by atoms with Crippen LogP contribution >= 0.6 is 0 Å². The van der Waals surface area contributed by atoms with E-state index in [9.17, 15) is 14.4 Å². The van der Waals surface area contributed by atoms with Gasteiger partial charge < -0.3 is 15.2 Å². The topological polar surface area (TPSA) is 117 Å². The van der Waals surface area contributed by atoms with Crippen molar-refractivity contribution in [2.24, 2.45) is 0 Å². The van der Waals surface area contributed by atoms with Crippen molar-refractivity contribution in [1.29, 1.82) is 0 Å². The van der Waals surface area contributed by atoms with Gasteiger partial charge in [0.1, 0.15) is 5.75 Å². The minimum Gasteiger partial charge on any atom is -0.508 e. The zero-order valence-corrected chi connectivity index (χ0v) is 12.7. The second-order valence-electron chi connectivity index (χ2n) is 4.62. The summed E-state index contributed by atoms with van der Waals surface area (Å²) in [6, 6.07) is 11.0. The summed E-state index contributed by atoms with van der Waals surface area (Å²) >= 11 is 0. The minimum atomic E-state index is -0.738. The number of hydrazine groups is 1. The highest BCUT2D eigenvalue weighted by atomic mass is 16.5. The zero-order valence-electron chi connectivity index (χ0n) is 12.7. The molecule has 0 atom stereocenters. The number of benzene rings is 2. The molecule has 0 fully saturated rings. The van der Waals surface area contributed by atoms with Crippen molar-refractivity contribution < 1.29 is 24.2 Å². The molecule has 2 rings (SSSR count). The van der Waals surface area contributed by atoms with Crippen molar-refractivity contribution in [3.63, 3.8) is 0 Å². The van der Waals surface area contributed by atoms with Gasteiger partial charge in [0.2, 0.25) is 0 Å². The van der Waals surface area contributed by atoms with Gasteiger partial charge in [-0.2, -0.15) is 0 Å². The fraction of sp³-hybridized carbons (Fsp3) is 0.0625. The van der Waals surface area contributed by atoms with E-state index in [1.165, 1.54) is 43.5 Å². The van der Waals surface area contributed by atoms with E-state index >= 15 is 0 Å². The first-order valence-corrected chi connectivity index (χ1v) is 6.85. The molecule has 0 bridgehead atoms. The molecule has 124 valence electrons. The normalized spacial score (nSPS) is 9.71. The van der Waals surface area contributed by atoms with Crippen LogP contribution in [0.15, 0.2) is 48.5 Å². The lowest BCUT2D eigenvalue weighted by atomic mass is 10.2. The van der Waals surface area contributed by atoms with Crippen molar-refractivity contribution in [2.45, 2.75) is 0 Å². The van der Waals surface area contributed by atoms with Gasteiger partial charge >= 0.3 is 12.0 Å². The molecule has 0 aromatic heterocycles. The molecule has 0 spiro atoms. The molecule has 0 unspecified atom stereocenters. The molecule has 24 heavy (non-hydrogen) atoms. The molecule has 0 saturated carbocycles. The van der Waals surface area contributed by atoms with E-state index < -0.39 is 17.9 Å². The minimum absolute atomic E-state index is 0.0247. The maximum Gasteiger partial charge on any atom is 0.339 e. The second-order valence-corrected chi connectivity index (χ2v) is 4.62. The lowest BCUT2D eigenvalue weighted by Gasteiger charge is -2.11. The molecule has 2 aromatic carbocycles. The largest absolute Gasteiger partial charge is 0.508 e. The smallest absolute Gasteiger partial charge is 0.339 e. The third-order valence-corrected chi connectivity index (χ3v) is 3.00. The molecule has 0 radical (unpaired) electrons. The van der Waals surface area contributed by atoms with E-state index in [4.69, 9.17) is 5.11 Å². The number of carbonyl (C=O) groups excluding carboxylic acids is 3. The fourth-order valence-electron chi connectivity index (χ4n) is 1.83. The van der Waals surface area contributed by atoms with Crippen LogP contribution in [-0.4, -0.2) is 30.1 Å². The van der Waals surface area contributed by atoms with Crippen LogP contribution < -0.4 is 16.2 Å². The number of para-hydroxylation sites is 1. The number of carbonyl (C=O) groups is 3. The molecular weight excluding hydrogens is 314 g/mol. The van der Waals surface area contributed by atoms with Crippen LogP contribution in [0, 0.1) is 0 Å². The molecule has 0 heterocycles. The summed E-state index contributed by atoms with van der Waals surface area (Å²) in [7, 11) is 1.23. The third kappa shape index (κ3) is 4.23. The standard InChI is InChI=1S/C16H15N3O5/c1-24-15(22)12-4-2-3-5-13(12)17-16(23)19-18-14(21)10-6-8-11(20)9-7-10/h2-9,20H,1H3,(H,18,21)(H2,17,19,23). The van der Waals surface area contributed by atoms with Crippen LogP contribution in [-0.2, 0) is 4.74 Å². The monoisotopic (exact) mass is 329 g/mol. The van der Waals surface area contributed by atoms with Crippen molar-refractivity contribution in [3.05, 3.63) is 59.7 Å². The van der Waals surface area contributed by atoms with E-state index in [1.54, 1.807) is 12.1 Å². The number of anilines is 1. The summed E-state index contributed by atoms with van der Waals surface area (Å²) in [4.78, 5) is 35.3. The van der Waals surface area contributed by atoms with Gasteiger partial charge in [-0.05, 0) is 36.4 Å². The summed E-state index contributed by atoms with van der Waals surface area (Å²) in [6.45, 7) is 0. The van der Waals surface area contributed by atoms with Crippen LogP contribution in [0.25, 0.3) is 0 Å². The summed E-state index contributed by atoms with van der Waals surface area (Å²) in [6.07, 6.45) is 0. The Morgan fingerprint density at radius 1 is 0.958 bits per heavy atom. The zero-order chi connectivity index (χ0) is 17.5. The highest BCUT2D eigenvalue weighted by Crippen LogP contribution is 2.15. The lowest BCUT2D eigenvalue weighted by Crippen LogP contribution is -2.44. The number of ether oxygens (including phenoxy) is 1. The summed E-state index contributed by atoms with van der Waals surface area (Å²) < 4.78 is 4.62. The molecule has 0 aliphatic heterocycles. The third-order valence-electron chi connectivity index (χ3n) is 3.00. The fourth-order valence-corrected chi connectivity index (χ4v) is 1.83. The van der Waals surface area contributed by atoms with E-state index in [2.05, 4.69) is 20.9 Å². The molecule has 0 saturated heterocycles. The Labute approximate surface area is 137 Å². The number of urea groups is 1. The molecule has 8 nitrogen and oxygen atoms in total. The Morgan fingerprint density at radius 2 is 1.62 bits per heavy atom. The molecule has 0 aliphatic carbocycles. The van der Waals surface area contributed by atoms with Crippen molar-refractivity contribution in [1.82, 2.24) is 10.9 Å². The first-order chi connectivity index (χ1) is 11.5. The number of amides is 3. The van der Waals surface area contributed by atoms with Crippen LogP contribution in [0.3, 0.4) is 0 Å².